The SMILES string of the molecule is NCC1CCN(C(=O)C2C3CC4CC(C3)CC2C4)C1. The monoisotopic (exact) mass is 262 g/mol. The van der Waals surface area contributed by atoms with Crippen molar-refractivity contribution >= 4 is 5.91 Å². The molecule has 3 heteroatoms. The van der Waals surface area contributed by atoms with Crippen LogP contribution in [0.15, 0.2) is 0 Å². The fourth-order valence-electron chi connectivity index (χ4n) is 5.76. The zero-order valence-corrected chi connectivity index (χ0v) is 11.8. The molecule has 1 aliphatic heterocycles. The molecular formula is C16H26N2O. The largest absolute Gasteiger partial charge is 0.342 e. The number of nitrogens with zero attached hydrogens (tertiary/aromatic N) is 1. The van der Waals surface area contributed by atoms with Gasteiger partial charge >= 0.3 is 0 Å². The molecule has 1 atom stereocenters. The van der Waals surface area contributed by atoms with Gasteiger partial charge in [0.25, 0.3) is 0 Å². The standard InChI is InChI=1S/C16H26N2O/c17-8-10-1-2-18(9-10)16(19)15-13-4-11-3-12(6-13)7-14(15)5-11/h10-15H,1-9,17H2. The first-order valence-electron chi connectivity index (χ1n) is 8.23. The van der Waals surface area contributed by atoms with E-state index < -0.39 is 0 Å². The van der Waals surface area contributed by atoms with Crippen LogP contribution < -0.4 is 5.73 Å². The third-order valence-electron chi connectivity index (χ3n) is 6.44. The smallest absolute Gasteiger partial charge is 0.226 e. The van der Waals surface area contributed by atoms with Crippen molar-refractivity contribution in [2.75, 3.05) is 19.6 Å². The van der Waals surface area contributed by atoms with E-state index in [0.717, 1.165) is 49.7 Å². The van der Waals surface area contributed by atoms with Gasteiger partial charge in [0.05, 0.1) is 0 Å². The molecule has 4 bridgehead atoms. The summed E-state index contributed by atoms with van der Waals surface area (Å²) in [6.07, 6.45) is 7.96. The number of rotatable bonds is 2. The van der Waals surface area contributed by atoms with E-state index in [1.807, 2.05) is 0 Å². The lowest BCUT2D eigenvalue weighted by molar-refractivity contribution is -0.148. The highest BCUT2D eigenvalue weighted by molar-refractivity contribution is 5.80. The molecule has 0 aromatic rings. The molecule has 1 heterocycles. The summed E-state index contributed by atoms with van der Waals surface area (Å²) in [6, 6.07) is 0. The van der Waals surface area contributed by atoms with E-state index in [4.69, 9.17) is 5.73 Å². The molecule has 4 saturated carbocycles. The van der Waals surface area contributed by atoms with E-state index in [1.54, 1.807) is 0 Å². The molecule has 0 radical (unpaired) electrons. The van der Waals surface area contributed by atoms with Gasteiger partial charge in [-0.3, -0.25) is 4.79 Å². The molecule has 0 aromatic heterocycles. The zero-order chi connectivity index (χ0) is 13.0. The van der Waals surface area contributed by atoms with E-state index in [-0.39, 0.29) is 0 Å². The molecule has 2 N–H and O–H groups in total. The highest BCUT2D eigenvalue weighted by atomic mass is 16.2. The van der Waals surface area contributed by atoms with Crippen molar-refractivity contribution < 1.29 is 4.79 Å². The number of hydrogen-bond acceptors (Lipinski definition) is 2. The fraction of sp³-hybridized carbons (Fsp3) is 0.938. The van der Waals surface area contributed by atoms with Crippen LogP contribution in [0.4, 0.5) is 0 Å². The first-order chi connectivity index (χ1) is 9.24. The summed E-state index contributed by atoms with van der Waals surface area (Å²) in [7, 11) is 0. The summed E-state index contributed by atoms with van der Waals surface area (Å²) >= 11 is 0. The van der Waals surface area contributed by atoms with Crippen LogP contribution in [0.5, 0.6) is 0 Å². The van der Waals surface area contributed by atoms with E-state index in [0.29, 0.717) is 17.7 Å². The van der Waals surface area contributed by atoms with Gasteiger partial charge in [0.2, 0.25) is 5.91 Å². The first-order valence-corrected chi connectivity index (χ1v) is 8.23. The minimum Gasteiger partial charge on any atom is -0.342 e. The van der Waals surface area contributed by atoms with Crippen LogP contribution in [0, 0.1) is 35.5 Å². The molecule has 5 rings (SSSR count). The molecule has 1 saturated heterocycles. The Kier molecular flexibility index (Phi) is 2.87. The lowest BCUT2D eigenvalue weighted by Crippen LogP contribution is -2.51. The summed E-state index contributed by atoms with van der Waals surface area (Å²) in [5.74, 6) is 4.79. The Labute approximate surface area is 115 Å². The maximum absolute atomic E-state index is 12.9. The van der Waals surface area contributed by atoms with Crippen molar-refractivity contribution in [3.8, 4) is 0 Å². The molecule has 0 spiro atoms. The average molecular weight is 262 g/mol. The lowest BCUT2D eigenvalue weighted by Gasteiger charge is -2.54. The molecule has 1 amide bonds. The molecule has 4 aliphatic carbocycles. The van der Waals surface area contributed by atoms with Crippen molar-refractivity contribution in [2.45, 2.75) is 38.5 Å². The van der Waals surface area contributed by atoms with Crippen molar-refractivity contribution in [1.29, 1.82) is 0 Å². The van der Waals surface area contributed by atoms with Gasteiger partial charge in [-0.1, -0.05) is 0 Å². The summed E-state index contributed by atoms with van der Waals surface area (Å²) < 4.78 is 0. The topological polar surface area (TPSA) is 46.3 Å². The van der Waals surface area contributed by atoms with Crippen molar-refractivity contribution in [3.05, 3.63) is 0 Å². The predicted molar refractivity (Wildman–Crippen MR) is 74.3 cm³/mol. The lowest BCUT2D eigenvalue weighted by atomic mass is 9.51. The molecule has 1 unspecified atom stereocenters. The minimum absolute atomic E-state index is 0.379. The molecule has 5 aliphatic rings. The van der Waals surface area contributed by atoms with Crippen LogP contribution in [-0.2, 0) is 4.79 Å². The van der Waals surface area contributed by atoms with Crippen molar-refractivity contribution in [2.24, 2.45) is 41.2 Å². The molecule has 3 nitrogen and oxygen atoms in total. The van der Waals surface area contributed by atoms with E-state index >= 15 is 0 Å². The normalized spacial score (nSPS) is 47.9. The van der Waals surface area contributed by atoms with Gasteiger partial charge in [0.15, 0.2) is 0 Å². The number of carbonyl (C=O) groups excluding carboxylic acids is 1. The summed E-state index contributed by atoms with van der Waals surface area (Å²) in [5, 5.41) is 0. The van der Waals surface area contributed by atoms with E-state index in [9.17, 15) is 4.79 Å². The molecule has 5 fully saturated rings. The van der Waals surface area contributed by atoms with Gasteiger partial charge in [-0.05, 0) is 74.7 Å². The van der Waals surface area contributed by atoms with Gasteiger partial charge < -0.3 is 10.6 Å². The number of carbonyl (C=O) groups is 1. The number of nitrogens with two attached hydrogens (primary N) is 1. The molecule has 0 aromatic carbocycles. The average Bonchev–Trinajstić information content (AvgIpc) is 2.86. The van der Waals surface area contributed by atoms with Gasteiger partial charge in [-0.25, -0.2) is 0 Å². The zero-order valence-electron chi connectivity index (χ0n) is 11.8. The maximum atomic E-state index is 12.9. The highest BCUT2D eigenvalue weighted by Gasteiger charge is 2.51. The Balaban J connectivity index is 1.49. The molecular weight excluding hydrogens is 236 g/mol. The summed E-state index contributed by atoms with van der Waals surface area (Å²) in [6.45, 7) is 2.63. The van der Waals surface area contributed by atoms with Gasteiger partial charge in [-0.2, -0.15) is 0 Å². The minimum atomic E-state index is 0.379. The van der Waals surface area contributed by atoms with Crippen LogP contribution in [0.1, 0.15) is 38.5 Å². The summed E-state index contributed by atoms with van der Waals surface area (Å²) in [5.41, 5.74) is 5.75. The van der Waals surface area contributed by atoms with Crippen LogP contribution >= 0.6 is 0 Å². The third-order valence-corrected chi connectivity index (χ3v) is 6.44. The molecule has 19 heavy (non-hydrogen) atoms. The Morgan fingerprint density at radius 3 is 2.21 bits per heavy atom. The Bertz CT molecular complexity index is 353. The molecule has 106 valence electrons. The second kappa shape index (κ2) is 4.47. The highest BCUT2D eigenvalue weighted by Crippen LogP contribution is 2.57. The van der Waals surface area contributed by atoms with Crippen molar-refractivity contribution in [3.63, 3.8) is 0 Å². The maximum Gasteiger partial charge on any atom is 0.226 e. The Morgan fingerprint density at radius 2 is 1.68 bits per heavy atom. The Hall–Kier alpha value is -0.570. The van der Waals surface area contributed by atoms with Crippen LogP contribution in [0.3, 0.4) is 0 Å². The quantitative estimate of drug-likeness (QED) is 0.825. The Morgan fingerprint density at radius 1 is 1.05 bits per heavy atom. The predicted octanol–water partition coefficient (Wildman–Crippen LogP) is 1.87. The number of hydrogen-bond donors (Lipinski definition) is 1. The van der Waals surface area contributed by atoms with Crippen LogP contribution in [-0.4, -0.2) is 30.4 Å². The van der Waals surface area contributed by atoms with Crippen LogP contribution in [0.25, 0.3) is 0 Å². The van der Waals surface area contributed by atoms with Gasteiger partial charge in [-0.15, -0.1) is 0 Å². The number of likely N-dealkylation sites (tertiary alicyclic amines) is 1. The summed E-state index contributed by atoms with van der Waals surface area (Å²) in [4.78, 5) is 15.0. The second-order valence-electron chi connectivity index (χ2n) is 7.63. The van der Waals surface area contributed by atoms with E-state index in [1.165, 1.54) is 32.1 Å². The first kappa shape index (κ1) is 12.2. The van der Waals surface area contributed by atoms with Gasteiger partial charge in [0, 0.05) is 19.0 Å². The van der Waals surface area contributed by atoms with Crippen LogP contribution in [0.2, 0.25) is 0 Å². The third kappa shape index (κ3) is 1.93. The fourth-order valence-corrected chi connectivity index (χ4v) is 5.76. The number of amides is 1. The van der Waals surface area contributed by atoms with Crippen molar-refractivity contribution in [1.82, 2.24) is 4.90 Å². The van der Waals surface area contributed by atoms with E-state index in [2.05, 4.69) is 4.90 Å². The van der Waals surface area contributed by atoms with Gasteiger partial charge in [0.1, 0.15) is 0 Å². The second-order valence-corrected chi connectivity index (χ2v) is 7.63.